The van der Waals surface area contributed by atoms with Crippen molar-refractivity contribution in [3.63, 3.8) is 0 Å². The Labute approximate surface area is 113 Å². The first kappa shape index (κ1) is 13.8. The third-order valence-corrected chi connectivity index (χ3v) is 4.26. The Bertz CT molecular complexity index is 407. The molecule has 2 saturated carbocycles. The molecule has 0 radical (unpaired) electrons. The number of allylic oxidation sites excluding steroid dienone is 2. The zero-order valence-corrected chi connectivity index (χ0v) is 11.5. The Morgan fingerprint density at radius 1 is 1.05 bits per heavy atom. The van der Waals surface area contributed by atoms with Crippen LogP contribution >= 0.6 is 0 Å². The summed E-state index contributed by atoms with van der Waals surface area (Å²) in [6.45, 7) is 11.9. The zero-order valence-electron chi connectivity index (χ0n) is 11.5. The van der Waals surface area contributed by atoms with E-state index in [4.69, 9.17) is 9.47 Å². The highest BCUT2D eigenvalue weighted by Gasteiger charge is 2.62. The number of esters is 2. The van der Waals surface area contributed by atoms with E-state index in [0.717, 1.165) is 11.1 Å². The van der Waals surface area contributed by atoms with Gasteiger partial charge in [0.15, 0.2) is 5.41 Å². The first-order chi connectivity index (χ1) is 8.97. The number of carbonyl (C=O) groups is 2. The lowest BCUT2D eigenvalue weighted by Gasteiger charge is -2.35. The van der Waals surface area contributed by atoms with Gasteiger partial charge in [-0.2, -0.15) is 0 Å². The van der Waals surface area contributed by atoms with Crippen LogP contribution in [0.4, 0.5) is 0 Å². The molecule has 4 nitrogen and oxygen atoms in total. The summed E-state index contributed by atoms with van der Waals surface area (Å²) in [4.78, 5) is 24.5. The Kier molecular flexibility index (Phi) is 3.52. The van der Waals surface area contributed by atoms with Gasteiger partial charge in [0.1, 0.15) is 0 Å². The van der Waals surface area contributed by atoms with Crippen molar-refractivity contribution in [2.45, 2.75) is 26.7 Å². The number of rotatable bonds is 4. The van der Waals surface area contributed by atoms with Crippen molar-refractivity contribution in [2.75, 3.05) is 13.2 Å². The average Bonchev–Trinajstić information content (AvgIpc) is 2.77. The summed E-state index contributed by atoms with van der Waals surface area (Å²) in [6, 6.07) is 0. The molecule has 0 amide bonds. The molecular formula is C15H20O4. The van der Waals surface area contributed by atoms with Gasteiger partial charge in [-0.25, -0.2) is 0 Å². The normalized spacial score (nSPS) is 27.5. The summed E-state index contributed by atoms with van der Waals surface area (Å²) in [7, 11) is 0. The summed E-state index contributed by atoms with van der Waals surface area (Å²) < 4.78 is 10.2. The fourth-order valence-corrected chi connectivity index (χ4v) is 3.19. The smallest absolute Gasteiger partial charge is 0.323 e. The monoisotopic (exact) mass is 264 g/mol. The minimum Gasteiger partial charge on any atom is -0.465 e. The van der Waals surface area contributed by atoms with E-state index >= 15 is 0 Å². The average molecular weight is 264 g/mol. The van der Waals surface area contributed by atoms with Crippen LogP contribution in [0.25, 0.3) is 0 Å². The summed E-state index contributed by atoms with van der Waals surface area (Å²) >= 11 is 0. The molecule has 2 fully saturated rings. The van der Waals surface area contributed by atoms with Gasteiger partial charge in [-0.05, 0) is 49.7 Å². The lowest BCUT2D eigenvalue weighted by atomic mass is 9.68. The molecule has 0 spiro atoms. The van der Waals surface area contributed by atoms with Crippen molar-refractivity contribution >= 4 is 11.9 Å². The molecule has 0 aromatic rings. The fourth-order valence-electron chi connectivity index (χ4n) is 3.19. The van der Waals surface area contributed by atoms with E-state index < -0.39 is 17.4 Å². The summed E-state index contributed by atoms with van der Waals surface area (Å²) in [6.07, 6.45) is 0.875. The maximum absolute atomic E-state index is 12.2. The Hall–Kier alpha value is -1.58. The first-order valence-corrected chi connectivity index (χ1v) is 6.70. The van der Waals surface area contributed by atoms with Crippen LogP contribution < -0.4 is 0 Å². The molecule has 2 atom stereocenters. The minimum absolute atomic E-state index is 0.168. The largest absolute Gasteiger partial charge is 0.465 e. The van der Waals surface area contributed by atoms with Crippen molar-refractivity contribution < 1.29 is 19.1 Å². The number of hydrogen-bond donors (Lipinski definition) is 0. The number of fused-ring (bicyclic) bond motifs is 1. The van der Waals surface area contributed by atoms with Crippen molar-refractivity contribution in [3.8, 4) is 0 Å². The molecule has 2 rings (SSSR count). The number of ether oxygens (including phenoxy) is 2. The van der Waals surface area contributed by atoms with Gasteiger partial charge in [0, 0.05) is 0 Å². The van der Waals surface area contributed by atoms with Crippen LogP contribution in [0, 0.1) is 17.3 Å². The molecule has 0 aromatic carbocycles. The summed E-state index contributed by atoms with van der Waals surface area (Å²) in [5.41, 5.74) is 0.755. The second-order valence-electron chi connectivity index (χ2n) is 5.19. The second kappa shape index (κ2) is 4.83. The van der Waals surface area contributed by atoms with Crippen LogP contribution in [0.15, 0.2) is 24.3 Å². The third kappa shape index (κ3) is 1.90. The summed E-state index contributed by atoms with van der Waals surface area (Å²) in [5.74, 6) is -0.602. The highest BCUT2D eigenvalue weighted by atomic mass is 16.6. The predicted molar refractivity (Wildman–Crippen MR) is 70.2 cm³/mol. The van der Waals surface area contributed by atoms with E-state index in [1.165, 1.54) is 0 Å². The molecule has 0 heterocycles. The van der Waals surface area contributed by atoms with Gasteiger partial charge < -0.3 is 9.47 Å². The molecule has 2 aliphatic rings. The molecule has 0 bridgehead atoms. The Balaban J connectivity index is 2.27. The topological polar surface area (TPSA) is 52.6 Å². The fraction of sp³-hybridized carbons (Fsp3) is 0.600. The van der Waals surface area contributed by atoms with Crippen molar-refractivity contribution in [2.24, 2.45) is 17.3 Å². The molecule has 2 aliphatic carbocycles. The second-order valence-corrected chi connectivity index (χ2v) is 5.19. The lowest BCUT2D eigenvalue weighted by Crippen LogP contribution is -2.40. The standard InChI is InChI=1S/C15H20O4/c1-5-18-13(16)15(14(17)19-6-2)7-11-9(3)10(4)12(11)8-15/h11-12H,3-8H2,1-2H3/t11-,12+. The molecule has 104 valence electrons. The van der Waals surface area contributed by atoms with Crippen molar-refractivity contribution in [1.82, 2.24) is 0 Å². The van der Waals surface area contributed by atoms with Gasteiger partial charge in [-0.1, -0.05) is 13.2 Å². The van der Waals surface area contributed by atoms with Crippen LogP contribution in [0.1, 0.15) is 26.7 Å². The lowest BCUT2D eigenvalue weighted by molar-refractivity contribution is -0.171. The minimum atomic E-state index is -1.16. The van der Waals surface area contributed by atoms with Gasteiger partial charge in [0.25, 0.3) is 0 Å². The predicted octanol–water partition coefficient (Wildman–Crippen LogP) is 2.25. The van der Waals surface area contributed by atoms with E-state index in [0.29, 0.717) is 12.8 Å². The van der Waals surface area contributed by atoms with Crippen LogP contribution in [0.2, 0.25) is 0 Å². The zero-order chi connectivity index (χ0) is 14.2. The molecule has 19 heavy (non-hydrogen) atoms. The van der Waals surface area contributed by atoms with E-state index in [2.05, 4.69) is 13.2 Å². The molecule has 0 aliphatic heterocycles. The van der Waals surface area contributed by atoms with Crippen molar-refractivity contribution in [3.05, 3.63) is 24.3 Å². The van der Waals surface area contributed by atoms with E-state index in [1.807, 2.05) is 0 Å². The highest BCUT2D eigenvalue weighted by molar-refractivity contribution is 6.01. The SMILES string of the molecule is C=C1C(=C)[C@@H]2CC(C(=O)OCC)(C(=O)OCC)C[C@H]12. The van der Waals surface area contributed by atoms with E-state index in [9.17, 15) is 9.59 Å². The van der Waals surface area contributed by atoms with Gasteiger partial charge in [0.05, 0.1) is 13.2 Å². The maximum Gasteiger partial charge on any atom is 0.323 e. The van der Waals surface area contributed by atoms with Crippen LogP contribution in [-0.2, 0) is 19.1 Å². The maximum atomic E-state index is 12.2. The summed E-state index contributed by atoms with van der Waals surface area (Å²) in [5, 5.41) is 0. The Morgan fingerprint density at radius 3 is 1.74 bits per heavy atom. The van der Waals surface area contributed by atoms with Gasteiger partial charge in [-0.3, -0.25) is 9.59 Å². The van der Waals surface area contributed by atoms with Gasteiger partial charge in [-0.15, -0.1) is 0 Å². The van der Waals surface area contributed by atoms with Gasteiger partial charge >= 0.3 is 11.9 Å². The van der Waals surface area contributed by atoms with Crippen molar-refractivity contribution in [1.29, 1.82) is 0 Å². The molecule has 0 saturated heterocycles. The van der Waals surface area contributed by atoms with E-state index in [-0.39, 0.29) is 25.0 Å². The molecule has 0 unspecified atom stereocenters. The van der Waals surface area contributed by atoms with Crippen LogP contribution in [0.3, 0.4) is 0 Å². The number of hydrogen-bond acceptors (Lipinski definition) is 4. The number of carbonyl (C=O) groups excluding carboxylic acids is 2. The van der Waals surface area contributed by atoms with Gasteiger partial charge in [0.2, 0.25) is 0 Å². The van der Waals surface area contributed by atoms with E-state index in [1.54, 1.807) is 13.8 Å². The van der Waals surface area contributed by atoms with Crippen LogP contribution in [0.5, 0.6) is 0 Å². The quantitative estimate of drug-likeness (QED) is 0.577. The highest BCUT2D eigenvalue weighted by Crippen LogP contribution is 2.60. The first-order valence-electron chi connectivity index (χ1n) is 6.70. The molecule has 0 aromatic heterocycles. The molecule has 4 heteroatoms. The van der Waals surface area contributed by atoms with Crippen LogP contribution in [-0.4, -0.2) is 25.2 Å². The molecule has 0 N–H and O–H groups in total. The molecular weight excluding hydrogens is 244 g/mol. The third-order valence-electron chi connectivity index (χ3n) is 4.26. The Morgan fingerprint density at radius 2 is 1.42 bits per heavy atom.